The number of ether oxygens (including phenoxy) is 1. The van der Waals surface area contributed by atoms with Gasteiger partial charge in [0.15, 0.2) is 0 Å². The first-order chi connectivity index (χ1) is 15.2. The quantitative estimate of drug-likeness (QED) is 0.371. The molecule has 0 saturated carbocycles. The number of allylic oxidation sites excluding steroid dienone is 2. The van der Waals surface area contributed by atoms with Gasteiger partial charge in [0.2, 0.25) is 0 Å². The van der Waals surface area contributed by atoms with E-state index in [1.807, 2.05) is 0 Å². The number of amides is 1. The Morgan fingerprint density at radius 1 is 1.12 bits per heavy atom. The number of nitro benzene ring substituents is 1. The molecule has 1 aliphatic heterocycles. The number of nitro groups is 1. The topological polar surface area (TPSA) is 111 Å². The van der Waals surface area contributed by atoms with Crippen LogP contribution in [0.15, 0.2) is 71.1 Å². The molecule has 1 amide bonds. The molecule has 2 N–H and O–H groups in total. The van der Waals surface area contributed by atoms with Gasteiger partial charge >= 0.3 is 5.97 Å². The lowest BCUT2D eigenvalue weighted by molar-refractivity contribution is -0.384. The molecule has 0 aliphatic carbocycles. The fourth-order valence-electron chi connectivity index (χ4n) is 3.68. The third-order valence-electron chi connectivity index (χ3n) is 5.04. The van der Waals surface area contributed by atoms with Crippen molar-refractivity contribution < 1.29 is 19.2 Å². The van der Waals surface area contributed by atoms with Crippen LogP contribution in [0.2, 0.25) is 5.02 Å². The number of rotatable bonds is 6. The number of hydrogen-bond donors (Lipinski definition) is 2. The minimum atomic E-state index is -0.877. The van der Waals surface area contributed by atoms with E-state index in [9.17, 15) is 19.7 Å². The van der Waals surface area contributed by atoms with Gasteiger partial charge in [0.05, 0.1) is 33.7 Å². The summed E-state index contributed by atoms with van der Waals surface area (Å²) in [6.45, 7) is 5.22. The molecule has 1 unspecified atom stereocenters. The van der Waals surface area contributed by atoms with Gasteiger partial charge in [-0.05, 0) is 38.5 Å². The predicted octanol–water partition coefficient (Wildman–Crippen LogP) is 4.68. The highest BCUT2D eigenvalue weighted by Crippen LogP contribution is 2.40. The smallest absolute Gasteiger partial charge is 0.336 e. The average Bonchev–Trinajstić information content (AvgIpc) is 2.74. The Labute approximate surface area is 190 Å². The molecule has 32 heavy (non-hydrogen) atoms. The van der Waals surface area contributed by atoms with Gasteiger partial charge in [-0.1, -0.05) is 35.9 Å². The first-order valence-corrected chi connectivity index (χ1v) is 10.3. The Hall–Kier alpha value is -3.65. The Kier molecular flexibility index (Phi) is 6.95. The Morgan fingerprint density at radius 2 is 1.81 bits per heavy atom. The highest BCUT2D eigenvalue weighted by molar-refractivity contribution is 6.34. The molecule has 0 aromatic heterocycles. The molecular formula is C23H22ClN3O5. The maximum Gasteiger partial charge on any atom is 0.336 e. The average molecular weight is 456 g/mol. The van der Waals surface area contributed by atoms with E-state index in [0.29, 0.717) is 27.7 Å². The number of nitrogens with one attached hydrogen (secondary N) is 2. The molecule has 166 valence electrons. The van der Waals surface area contributed by atoms with Crippen LogP contribution >= 0.6 is 11.6 Å². The monoisotopic (exact) mass is 455 g/mol. The standard InChI is InChI=1S/C23H22ClN3O5/c1-4-32-23(29)20-14(3)25-13(2)19(22(28)26-18-11-6-5-10-17(18)24)21(20)15-8-7-9-16(12-15)27(30)31/h5-12,21,25H,4H2,1-3H3,(H,26,28). The van der Waals surface area contributed by atoms with E-state index in [1.165, 1.54) is 18.2 Å². The van der Waals surface area contributed by atoms with Crippen molar-refractivity contribution in [1.29, 1.82) is 0 Å². The van der Waals surface area contributed by atoms with Gasteiger partial charge in [0.25, 0.3) is 11.6 Å². The second kappa shape index (κ2) is 9.65. The van der Waals surface area contributed by atoms with Crippen molar-refractivity contribution in [2.24, 2.45) is 0 Å². The van der Waals surface area contributed by atoms with E-state index >= 15 is 0 Å². The lowest BCUT2D eigenvalue weighted by atomic mass is 9.80. The molecule has 0 bridgehead atoms. The first kappa shape index (κ1) is 23.0. The van der Waals surface area contributed by atoms with Gasteiger partial charge in [-0.25, -0.2) is 4.79 Å². The third-order valence-corrected chi connectivity index (χ3v) is 5.37. The van der Waals surface area contributed by atoms with E-state index in [0.717, 1.165) is 0 Å². The summed E-state index contributed by atoms with van der Waals surface area (Å²) >= 11 is 6.19. The summed E-state index contributed by atoms with van der Waals surface area (Å²) in [6, 6.07) is 12.6. The van der Waals surface area contributed by atoms with Crippen LogP contribution in [0.1, 0.15) is 32.3 Å². The third kappa shape index (κ3) is 4.65. The van der Waals surface area contributed by atoms with Crippen molar-refractivity contribution in [2.45, 2.75) is 26.7 Å². The SMILES string of the molecule is CCOC(=O)C1=C(C)NC(C)=C(C(=O)Nc2ccccc2Cl)C1c1cccc([N+](=O)[O-])c1. The predicted molar refractivity (Wildman–Crippen MR) is 121 cm³/mol. The molecule has 0 spiro atoms. The zero-order valence-corrected chi connectivity index (χ0v) is 18.5. The summed E-state index contributed by atoms with van der Waals surface area (Å²) in [5, 5.41) is 17.6. The van der Waals surface area contributed by atoms with E-state index in [1.54, 1.807) is 51.1 Å². The maximum absolute atomic E-state index is 13.4. The van der Waals surface area contributed by atoms with Crippen LogP contribution in [0.3, 0.4) is 0 Å². The molecule has 1 atom stereocenters. The second-order valence-corrected chi connectivity index (χ2v) is 7.55. The summed E-state index contributed by atoms with van der Waals surface area (Å²) in [4.78, 5) is 37.1. The van der Waals surface area contributed by atoms with Crippen LogP contribution in [0, 0.1) is 10.1 Å². The van der Waals surface area contributed by atoms with Crippen LogP contribution in [-0.2, 0) is 14.3 Å². The number of para-hydroxylation sites is 1. The molecule has 0 radical (unpaired) electrons. The van der Waals surface area contributed by atoms with Crippen LogP contribution in [0.5, 0.6) is 0 Å². The molecular weight excluding hydrogens is 434 g/mol. The number of hydrogen-bond acceptors (Lipinski definition) is 6. The van der Waals surface area contributed by atoms with Gasteiger partial charge in [-0.3, -0.25) is 14.9 Å². The van der Waals surface area contributed by atoms with Crippen molar-refractivity contribution in [3.63, 3.8) is 0 Å². The number of anilines is 1. The zero-order chi connectivity index (χ0) is 23.4. The van der Waals surface area contributed by atoms with Crippen molar-refractivity contribution in [3.05, 3.63) is 91.8 Å². The van der Waals surface area contributed by atoms with Gasteiger partial charge in [-0.2, -0.15) is 0 Å². The number of esters is 1. The minimum absolute atomic E-state index is 0.140. The number of benzene rings is 2. The number of non-ortho nitro benzene ring substituents is 1. The van der Waals surface area contributed by atoms with Crippen molar-refractivity contribution in [1.82, 2.24) is 5.32 Å². The van der Waals surface area contributed by atoms with E-state index in [2.05, 4.69) is 10.6 Å². The Balaban J connectivity index is 2.14. The Morgan fingerprint density at radius 3 is 2.47 bits per heavy atom. The highest BCUT2D eigenvalue weighted by Gasteiger charge is 2.37. The van der Waals surface area contributed by atoms with Crippen molar-refractivity contribution in [2.75, 3.05) is 11.9 Å². The molecule has 1 aliphatic rings. The molecule has 0 fully saturated rings. The summed E-state index contributed by atoms with van der Waals surface area (Å²) in [6.07, 6.45) is 0. The molecule has 2 aromatic carbocycles. The molecule has 2 aromatic rings. The van der Waals surface area contributed by atoms with Gasteiger partial charge in [0, 0.05) is 29.1 Å². The van der Waals surface area contributed by atoms with Gasteiger partial charge in [0.1, 0.15) is 0 Å². The zero-order valence-electron chi connectivity index (χ0n) is 17.8. The summed E-state index contributed by atoms with van der Waals surface area (Å²) in [7, 11) is 0. The number of dihydropyridines is 1. The lowest BCUT2D eigenvalue weighted by Crippen LogP contribution is -2.34. The van der Waals surface area contributed by atoms with Crippen LogP contribution in [-0.4, -0.2) is 23.4 Å². The van der Waals surface area contributed by atoms with Crippen LogP contribution in [0.25, 0.3) is 0 Å². The van der Waals surface area contributed by atoms with E-state index < -0.39 is 22.7 Å². The molecule has 9 heteroatoms. The molecule has 8 nitrogen and oxygen atoms in total. The first-order valence-electron chi connectivity index (χ1n) is 9.90. The number of carbonyl (C=O) groups excluding carboxylic acids is 2. The normalized spacial score (nSPS) is 15.8. The largest absolute Gasteiger partial charge is 0.463 e. The van der Waals surface area contributed by atoms with Crippen LogP contribution < -0.4 is 10.6 Å². The van der Waals surface area contributed by atoms with Crippen molar-refractivity contribution >= 4 is 34.9 Å². The number of carbonyl (C=O) groups is 2. The highest BCUT2D eigenvalue weighted by atomic mass is 35.5. The fourth-order valence-corrected chi connectivity index (χ4v) is 3.86. The summed E-state index contributed by atoms with van der Waals surface area (Å²) in [5.74, 6) is -1.98. The van der Waals surface area contributed by atoms with Gasteiger partial charge in [-0.15, -0.1) is 0 Å². The summed E-state index contributed by atoms with van der Waals surface area (Å²) in [5.41, 5.74) is 2.14. The van der Waals surface area contributed by atoms with E-state index in [4.69, 9.17) is 16.3 Å². The second-order valence-electron chi connectivity index (χ2n) is 7.14. The Bertz CT molecular complexity index is 1160. The maximum atomic E-state index is 13.4. The van der Waals surface area contributed by atoms with Crippen LogP contribution in [0.4, 0.5) is 11.4 Å². The van der Waals surface area contributed by atoms with Crippen molar-refractivity contribution in [3.8, 4) is 0 Å². The number of nitrogens with zero attached hydrogens (tertiary/aromatic N) is 1. The molecule has 0 saturated heterocycles. The lowest BCUT2D eigenvalue weighted by Gasteiger charge is -2.31. The minimum Gasteiger partial charge on any atom is -0.463 e. The van der Waals surface area contributed by atoms with Gasteiger partial charge < -0.3 is 15.4 Å². The molecule has 1 heterocycles. The van der Waals surface area contributed by atoms with E-state index in [-0.39, 0.29) is 23.4 Å². The number of halogens is 1. The molecule has 3 rings (SSSR count). The fraction of sp³-hybridized carbons (Fsp3) is 0.217. The summed E-state index contributed by atoms with van der Waals surface area (Å²) < 4.78 is 5.24.